The van der Waals surface area contributed by atoms with E-state index in [0.29, 0.717) is 25.2 Å². The van der Waals surface area contributed by atoms with Gasteiger partial charge in [-0.3, -0.25) is 4.90 Å². The molecule has 3 atom stereocenters. The van der Waals surface area contributed by atoms with Gasteiger partial charge in [0, 0.05) is 29.6 Å². The highest BCUT2D eigenvalue weighted by molar-refractivity contribution is 6.31. The van der Waals surface area contributed by atoms with Crippen LogP contribution in [0.4, 0.5) is 10.2 Å². The predicted octanol–water partition coefficient (Wildman–Crippen LogP) is 4.14. The van der Waals surface area contributed by atoms with Gasteiger partial charge in [-0.1, -0.05) is 23.7 Å². The average molecular weight is 545 g/mol. The monoisotopic (exact) mass is 544 g/mol. The topological polar surface area (TPSA) is 50.7 Å². The molecule has 206 valence electrons. The van der Waals surface area contributed by atoms with Crippen LogP contribution >= 0.6 is 11.6 Å². The van der Waals surface area contributed by atoms with Crippen molar-refractivity contribution in [2.45, 2.75) is 62.9 Å². The smallest absolute Gasteiger partial charge is 0.318 e. The fourth-order valence-corrected chi connectivity index (χ4v) is 7.22. The van der Waals surface area contributed by atoms with Gasteiger partial charge >= 0.3 is 6.01 Å². The van der Waals surface area contributed by atoms with Gasteiger partial charge in [0.15, 0.2) is 0 Å². The first-order chi connectivity index (χ1) is 18.3. The van der Waals surface area contributed by atoms with Crippen LogP contribution in [-0.2, 0) is 29.8 Å². The van der Waals surface area contributed by atoms with Gasteiger partial charge in [-0.05, 0) is 55.8 Å². The summed E-state index contributed by atoms with van der Waals surface area (Å²) in [6, 6.07) is 7.20. The van der Waals surface area contributed by atoms with Crippen LogP contribution in [-0.4, -0.2) is 92.0 Å². The molecule has 0 radical (unpaired) electrons. The summed E-state index contributed by atoms with van der Waals surface area (Å²) in [7, 11) is 6.20. The molecule has 3 fully saturated rings. The summed E-state index contributed by atoms with van der Waals surface area (Å²) in [5.41, 5.74) is 4.25. The van der Waals surface area contributed by atoms with Gasteiger partial charge < -0.3 is 18.9 Å². The summed E-state index contributed by atoms with van der Waals surface area (Å²) in [4.78, 5) is 14.1. The number of alkyl halides is 1. The van der Waals surface area contributed by atoms with Crippen LogP contribution in [0.15, 0.2) is 18.2 Å². The van der Waals surface area contributed by atoms with Gasteiger partial charge in [-0.2, -0.15) is 9.97 Å². The number of quaternary nitrogens is 1. The second kappa shape index (κ2) is 10.2. The molecule has 1 spiro atoms. The number of halogens is 2. The van der Waals surface area contributed by atoms with Crippen molar-refractivity contribution in [1.29, 1.82) is 0 Å². The summed E-state index contributed by atoms with van der Waals surface area (Å²) < 4.78 is 25.7. The highest BCUT2D eigenvalue weighted by Crippen LogP contribution is 2.48. The van der Waals surface area contributed by atoms with Gasteiger partial charge in [-0.25, -0.2) is 4.39 Å². The van der Waals surface area contributed by atoms with Crippen molar-refractivity contribution in [2.24, 2.45) is 0 Å². The molecule has 9 heteroatoms. The predicted molar refractivity (Wildman–Crippen MR) is 147 cm³/mol. The molecule has 3 saturated heterocycles. The van der Waals surface area contributed by atoms with E-state index in [4.69, 9.17) is 31.0 Å². The maximum Gasteiger partial charge on any atom is 0.318 e. The zero-order valence-electron chi connectivity index (χ0n) is 22.9. The zero-order valence-corrected chi connectivity index (χ0v) is 23.6. The molecular weight excluding hydrogens is 505 g/mol. The maximum absolute atomic E-state index is 12.6. The van der Waals surface area contributed by atoms with Gasteiger partial charge in [0.25, 0.3) is 0 Å². The molecule has 38 heavy (non-hydrogen) atoms. The third-order valence-electron chi connectivity index (χ3n) is 9.28. The summed E-state index contributed by atoms with van der Waals surface area (Å²) in [5.74, 6) is 0.978. The standard InChI is InChI=1S/C22H28ClN4O2.C7H12FN/c1-27(2)11-9-26(10-12-27)20-16-14-29-22(13-19(16)24-21(25-20)28-3)8-7-15-17(22)5-4-6-18(15)23;8-6-4-7-2-1-3-9(7)5-6/h4-6H,7-14H2,1-3H3;6-7H,1-5H2/q+1;. The minimum absolute atomic E-state index is 0.343. The largest absolute Gasteiger partial charge is 0.467 e. The molecule has 2 aromatic rings. The van der Waals surface area contributed by atoms with Crippen LogP contribution in [0, 0.1) is 0 Å². The van der Waals surface area contributed by atoms with Gasteiger partial charge in [0.1, 0.15) is 12.0 Å². The van der Waals surface area contributed by atoms with Gasteiger partial charge in [0.2, 0.25) is 0 Å². The summed E-state index contributed by atoms with van der Waals surface area (Å²) in [6.45, 7) is 6.52. The van der Waals surface area contributed by atoms with Crippen LogP contribution < -0.4 is 9.64 Å². The molecule has 5 aliphatic rings. The molecule has 1 aromatic heterocycles. The number of likely N-dealkylation sites (N-methyl/N-ethyl adjacent to an activating group) is 1. The first kappa shape index (κ1) is 26.2. The SMILES string of the molecule is COc1nc2c(c(N3CC[N+](C)(C)CC3)n1)COC1(CCc3c(Cl)cccc31)C2.FC1CC2CCCN2C1. The normalized spacial score (nSPS) is 29.4. The zero-order chi connectivity index (χ0) is 26.5. The minimum Gasteiger partial charge on any atom is -0.467 e. The molecule has 1 aliphatic carbocycles. The number of hydrogen-bond donors (Lipinski definition) is 0. The lowest BCUT2D eigenvalue weighted by Gasteiger charge is -2.41. The number of nitrogens with zero attached hydrogens (tertiary/aromatic N) is 5. The number of rotatable bonds is 2. The Morgan fingerprint density at radius 2 is 1.97 bits per heavy atom. The minimum atomic E-state index is -0.518. The third kappa shape index (κ3) is 4.89. The van der Waals surface area contributed by atoms with E-state index in [-0.39, 0.29) is 5.60 Å². The highest BCUT2D eigenvalue weighted by Gasteiger charge is 2.45. The highest BCUT2D eigenvalue weighted by atomic mass is 35.5. The van der Waals surface area contributed by atoms with E-state index in [1.807, 2.05) is 12.1 Å². The van der Waals surface area contributed by atoms with Crippen molar-refractivity contribution < 1.29 is 18.3 Å². The van der Waals surface area contributed by atoms with Crippen LogP contribution in [0.2, 0.25) is 5.02 Å². The van der Waals surface area contributed by atoms with Crippen LogP contribution in [0.25, 0.3) is 0 Å². The van der Waals surface area contributed by atoms with E-state index >= 15 is 0 Å². The second-order valence-electron chi connectivity index (χ2n) is 12.2. The Bertz CT molecular complexity index is 1170. The van der Waals surface area contributed by atoms with Gasteiger partial charge in [-0.15, -0.1) is 0 Å². The molecule has 7 nitrogen and oxygen atoms in total. The Kier molecular flexibility index (Phi) is 7.04. The van der Waals surface area contributed by atoms with Crippen LogP contribution in [0.5, 0.6) is 6.01 Å². The van der Waals surface area contributed by atoms with E-state index in [9.17, 15) is 4.39 Å². The fourth-order valence-electron chi connectivity index (χ4n) is 6.95. The number of ether oxygens (including phenoxy) is 2. The van der Waals surface area contributed by atoms with Crippen LogP contribution in [0.1, 0.15) is 48.1 Å². The quantitative estimate of drug-likeness (QED) is 0.530. The van der Waals surface area contributed by atoms with Crippen LogP contribution in [0.3, 0.4) is 0 Å². The Morgan fingerprint density at radius 3 is 2.74 bits per heavy atom. The molecule has 0 saturated carbocycles. The molecule has 3 unspecified atom stereocenters. The van der Waals surface area contributed by atoms with E-state index in [2.05, 4.69) is 30.0 Å². The first-order valence-electron chi connectivity index (χ1n) is 14.1. The summed E-state index contributed by atoms with van der Waals surface area (Å²) in [6.07, 6.45) is 5.42. The fraction of sp³-hybridized carbons (Fsp3) is 0.655. The molecule has 4 aliphatic heterocycles. The van der Waals surface area contributed by atoms with E-state index in [0.717, 1.165) is 85.0 Å². The summed E-state index contributed by atoms with van der Waals surface area (Å²) in [5, 5.41) is 0.837. The number of piperazine rings is 1. The molecule has 5 heterocycles. The molecular formula is C29H40ClFN5O2+. The lowest BCUT2D eigenvalue weighted by molar-refractivity contribution is -0.890. The number of hydrogen-bond acceptors (Lipinski definition) is 6. The first-order valence-corrected chi connectivity index (χ1v) is 14.5. The Hall–Kier alpha value is -2.00. The molecule has 0 N–H and O–H groups in total. The lowest BCUT2D eigenvalue weighted by Crippen LogP contribution is -2.55. The number of benzene rings is 1. The number of aromatic nitrogens is 2. The molecule has 0 bridgehead atoms. The van der Waals surface area contributed by atoms with Crippen molar-refractivity contribution in [3.8, 4) is 6.01 Å². The Balaban J connectivity index is 0.000000246. The summed E-state index contributed by atoms with van der Waals surface area (Å²) >= 11 is 6.46. The van der Waals surface area contributed by atoms with Crippen molar-refractivity contribution in [3.05, 3.63) is 45.6 Å². The molecule has 7 rings (SSSR count). The van der Waals surface area contributed by atoms with Crippen molar-refractivity contribution in [3.63, 3.8) is 0 Å². The lowest BCUT2D eigenvalue weighted by atomic mass is 9.87. The van der Waals surface area contributed by atoms with Crippen molar-refractivity contribution in [2.75, 3.05) is 65.4 Å². The number of methoxy groups -OCH3 is 1. The number of fused-ring (bicyclic) bond motifs is 4. The van der Waals surface area contributed by atoms with Crippen molar-refractivity contribution >= 4 is 17.4 Å². The van der Waals surface area contributed by atoms with Gasteiger partial charge in [0.05, 0.1) is 65.3 Å². The third-order valence-corrected chi connectivity index (χ3v) is 9.63. The van der Waals surface area contributed by atoms with E-state index in [1.54, 1.807) is 7.11 Å². The van der Waals surface area contributed by atoms with E-state index in [1.165, 1.54) is 24.0 Å². The molecule has 0 amide bonds. The Labute approximate surface area is 230 Å². The maximum atomic E-state index is 12.6. The Morgan fingerprint density at radius 1 is 1.16 bits per heavy atom. The molecule has 1 aromatic carbocycles. The average Bonchev–Trinajstić information content (AvgIpc) is 3.58. The number of anilines is 1. The second-order valence-corrected chi connectivity index (χ2v) is 12.6. The van der Waals surface area contributed by atoms with E-state index < -0.39 is 6.17 Å². The van der Waals surface area contributed by atoms with Crippen molar-refractivity contribution in [1.82, 2.24) is 14.9 Å².